The summed E-state index contributed by atoms with van der Waals surface area (Å²) in [6.45, 7) is 4.22. The number of amides is 1. The van der Waals surface area contributed by atoms with E-state index in [1.165, 1.54) is 29.5 Å². The number of hydrogen-bond donors (Lipinski definition) is 1. The smallest absolute Gasteiger partial charge is 0.232 e. The molecule has 0 unspecified atom stereocenters. The number of carbonyl (C=O) groups excluding carboxylic acids is 1. The lowest BCUT2D eigenvalue weighted by molar-refractivity contribution is -0.116. The molecule has 0 atom stereocenters. The number of hydrogen-bond acceptors (Lipinski definition) is 7. The van der Waals surface area contributed by atoms with Crippen LogP contribution in [0.2, 0.25) is 0 Å². The third-order valence-corrected chi connectivity index (χ3v) is 7.06. The average Bonchev–Trinajstić information content (AvgIpc) is 3.04. The highest BCUT2D eigenvalue weighted by Gasteiger charge is 2.20. The van der Waals surface area contributed by atoms with Crippen molar-refractivity contribution in [2.75, 3.05) is 28.2 Å². The van der Waals surface area contributed by atoms with Crippen LogP contribution in [0.4, 0.5) is 15.2 Å². The zero-order chi connectivity index (χ0) is 20.7. The lowest BCUT2D eigenvalue weighted by Gasteiger charge is -2.22. The third kappa shape index (κ3) is 7.02. The summed E-state index contributed by atoms with van der Waals surface area (Å²) in [5, 5.41) is 11.0. The fourth-order valence-corrected chi connectivity index (χ4v) is 4.95. The quantitative estimate of drug-likeness (QED) is 0.443. The van der Waals surface area contributed by atoms with E-state index in [0.717, 1.165) is 20.7 Å². The molecule has 1 N–H and O–H groups in total. The highest BCUT2D eigenvalue weighted by Crippen LogP contribution is 2.27. The molecule has 1 aromatic carbocycles. The molecule has 0 spiro atoms. The third-order valence-electron chi connectivity index (χ3n) is 3.48. The fraction of sp³-hybridized carbons (Fsp3) is 0.471. The van der Waals surface area contributed by atoms with Crippen molar-refractivity contribution in [2.45, 2.75) is 31.0 Å². The Balaban J connectivity index is 1.89. The van der Waals surface area contributed by atoms with Crippen molar-refractivity contribution >= 4 is 49.8 Å². The molecule has 11 heteroatoms. The van der Waals surface area contributed by atoms with Gasteiger partial charge in [0.15, 0.2) is 4.34 Å². The Morgan fingerprint density at radius 3 is 2.68 bits per heavy atom. The van der Waals surface area contributed by atoms with E-state index in [0.29, 0.717) is 11.0 Å². The topological polar surface area (TPSA) is 92.3 Å². The van der Waals surface area contributed by atoms with Crippen molar-refractivity contribution < 1.29 is 17.6 Å². The SMILES string of the molecule is CC(C)CSc1nnc(NC(=O)CCCN(c2ccccc2F)S(C)(=O)=O)s1. The van der Waals surface area contributed by atoms with Crippen LogP contribution in [-0.4, -0.2) is 43.1 Å². The minimum atomic E-state index is -3.67. The van der Waals surface area contributed by atoms with E-state index < -0.39 is 15.8 Å². The van der Waals surface area contributed by atoms with E-state index in [2.05, 4.69) is 29.4 Å². The molecule has 0 bridgehead atoms. The summed E-state index contributed by atoms with van der Waals surface area (Å²) in [5.74, 6) is 0.523. The van der Waals surface area contributed by atoms with Crippen molar-refractivity contribution in [1.82, 2.24) is 10.2 Å². The van der Waals surface area contributed by atoms with Gasteiger partial charge < -0.3 is 5.32 Å². The van der Waals surface area contributed by atoms with Gasteiger partial charge in [-0.15, -0.1) is 10.2 Å². The van der Waals surface area contributed by atoms with Crippen LogP contribution in [0.15, 0.2) is 28.6 Å². The number of benzene rings is 1. The van der Waals surface area contributed by atoms with Gasteiger partial charge in [-0.25, -0.2) is 12.8 Å². The first kappa shape index (κ1) is 22.6. The highest BCUT2D eigenvalue weighted by molar-refractivity contribution is 8.01. The molecule has 1 aromatic heterocycles. The van der Waals surface area contributed by atoms with Crippen LogP contribution in [0.5, 0.6) is 0 Å². The predicted molar refractivity (Wildman–Crippen MR) is 112 cm³/mol. The number of nitrogens with zero attached hydrogens (tertiary/aromatic N) is 3. The van der Waals surface area contributed by atoms with Gasteiger partial charge in [-0.3, -0.25) is 9.10 Å². The summed E-state index contributed by atoms with van der Waals surface area (Å²) in [4.78, 5) is 12.1. The minimum absolute atomic E-state index is 0.00119. The number of nitrogens with one attached hydrogen (secondary N) is 1. The first-order valence-corrected chi connectivity index (χ1v) is 12.3. The number of aromatic nitrogens is 2. The zero-order valence-electron chi connectivity index (χ0n) is 15.9. The number of anilines is 2. The van der Waals surface area contributed by atoms with Crippen LogP contribution >= 0.6 is 23.1 Å². The van der Waals surface area contributed by atoms with Gasteiger partial charge in [-0.05, 0) is 24.5 Å². The number of rotatable bonds is 10. The monoisotopic (exact) mass is 446 g/mol. The number of sulfonamides is 1. The first-order valence-electron chi connectivity index (χ1n) is 8.65. The van der Waals surface area contributed by atoms with Crippen LogP contribution < -0.4 is 9.62 Å². The second-order valence-corrected chi connectivity index (χ2v) is 10.7. The maximum atomic E-state index is 14.0. The number of thioether (sulfide) groups is 1. The molecule has 0 fully saturated rings. The molecule has 0 radical (unpaired) electrons. The highest BCUT2D eigenvalue weighted by atomic mass is 32.2. The molecule has 0 aliphatic carbocycles. The zero-order valence-corrected chi connectivity index (χ0v) is 18.3. The van der Waals surface area contributed by atoms with Gasteiger partial charge in [0, 0.05) is 18.7 Å². The van der Waals surface area contributed by atoms with E-state index in [1.54, 1.807) is 17.8 Å². The Hall–Kier alpha value is -1.72. The molecule has 0 aliphatic heterocycles. The van der Waals surface area contributed by atoms with Gasteiger partial charge in [0.2, 0.25) is 21.1 Å². The first-order chi connectivity index (χ1) is 13.2. The second kappa shape index (κ2) is 10.2. The maximum absolute atomic E-state index is 14.0. The Kier molecular flexibility index (Phi) is 8.20. The maximum Gasteiger partial charge on any atom is 0.232 e. The fourth-order valence-electron chi connectivity index (χ4n) is 2.24. The van der Waals surface area contributed by atoms with E-state index in [4.69, 9.17) is 0 Å². The van der Waals surface area contributed by atoms with Gasteiger partial charge in [0.05, 0.1) is 11.9 Å². The summed E-state index contributed by atoms with van der Waals surface area (Å²) in [6, 6.07) is 5.65. The van der Waals surface area contributed by atoms with Crippen molar-refractivity contribution in [3.05, 3.63) is 30.1 Å². The Morgan fingerprint density at radius 1 is 1.32 bits per heavy atom. The van der Waals surface area contributed by atoms with Crippen LogP contribution in [0.25, 0.3) is 0 Å². The molecule has 2 rings (SSSR count). The Bertz CT molecular complexity index is 903. The molecule has 1 amide bonds. The van der Waals surface area contributed by atoms with E-state index in [9.17, 15) is 17.6 Å². The molecule has 0 saturated heterocycles. The lowest BCUT2D eigenvalue weighted by atomic mass is 10.2. The van der Waals surface area contributed by atoms with Gasteiger partial charge in [-0.1, -0.05) is 49.1 Å². The predicted octanol–water partition coefficient (Wildman–Crippen LogP) is 3.61. The molecule has 2 aromatic rings. The molecule has 28 heavy (non-hydrogen) atoms. The van der Waals surface area contributed by atoms with E-state index in [-0.39, 0.29) is 31.0 Å². The summed E-state index contributed by atoms with van der Waals surface area (Å²) >= 11 is 2.88. The van der Waals surface area contributed by atoms with Crippen molar-refractivity contribution in [2.24, 2.45) is 5.92 Å². The van der Waals surface area contributed by atoms with E-state index >= 15 is 0 Å². The van der Waals surface area contributed by atoms with Crippen LogP contribution in [0.3, 0.4) is 0 Å². The van der Waals surface area contributed by atoms with Crippen LogP contribution in [0.1, 0.15) is 26.7 Å². The standard InChI is InChI=1S/C17H23FN4O3S3/c1-12(2)11-26-17-21-20-16(27-17)19-15(23)9-6-10-22(28(3,24)25)14-8-5-4-7-13(14)18/h4-5,7-8,12H,6,9-11H2,1-3H3,(H,19,20,23). The molecule has 0 aliphatic rings. The van der Waals surface area contributed by atoms with Gasteiger partial charge in [0.1, 0.15) is 5.82 Å². The van der Waals surface area contributed by atoms with Gasteiger partial charge in [-0.2, -0.15) is 0 Å². The van der Waals surface area contributed by atoms with Crippen LogP contribution in [0, 0.1) is 11.7 Å². The Morgan fingerprint density at radius 2 is 2.04 bits per heavy atom. The van der Waals surface area contributed by atoms with Crippen molar-refractivity contribution in [1.29, 1.82) is 0 Å². The number of para-hydroxylation sites is 1. The number of halogens is 1. The van der Waals surface area contributed by atoms with Crippen LogP contribution in [-0.2, 0) is 14.8 Å². The summed E-state index contributed by atoms with van der Waals surface area (Å²) in [5.41, 5.74) is -0.0265. The minimum Gasteiger partial charge on any atom is -0.301 e. The van der Waals surface area contributed by atoms with Gasteiger partial charge in [0.25, 0.3) is 0 Å². The summed E-state index contributed by atoms with van der Waals surface area (Å²) in [6.07, 6.45) is 1.33. The molecule has 0 saturated carbocycles. The molecular formula is C17H23FN4O3S3. The normalized spacial score (nSPS) is 11.6. The van der Waals surface area contributed by atoms with E-state index in [1.807, 2.05) is 0 Å². The Labute approximate surface area is 172 Å². The van der Waals surface area contributed by atoms with Crippen molar-refractivity contribution in [3.8, 4) is 0 Å². The summed E-state index contributed by atoms with van der Waals surface area (Å²) in [7, 11) is -3.67. The molecular weight excluding hydrogens is 423 g/mol. The van der Waals surface area contributed by atoms with Crippen molar-refractivity contribution in [3.63, 3.8) is 0 Å². The lowest BCUT2D eigenvalue weighted by Crippen LogP contribution is -2.32. The average molecular weight is 447 g/mol. The summed E-state index contributed by atoms with van der Waals surface area (Å²) < 4.78 is 39.7. The molecule has 1 heterocycles. The van der Waals surface area contributed by atoms with Gasteiger partial charge >= 0.3 is 0 Å². The molecule has 7 nitrogen and oxygen atoms in total. The largest absolute Gasteiger partial charge is 0.301 e. The molecule has 154 valence electrons. The second-order valence-electron chi connectivity index (χ2n) is 6.52. The number of carbonyl (C=O) groups is 1.